The van der Waals surface area contributed by atoms with E-state index in [1.165, 1.54) is 6.33 Å². The Hall–Kier alpha value is -2.96. The Morgan fingerprint density at radius 3 is 2.76 bits per heavy atom. The number of amides is 1. The molecule has 0 N–H and O–H groups in total. The van der Waals surface area contributed by atoms with E-state index in [1.807, 2.05) is 48.6 Å². The summed E-state index contributed by atoms with van der Waals surface area (Å²) in [6.07, 6.45) is 9.07. The van der Waals surface area contributed by atoms with Gasteiger partial charge in [0.15, 0.2) is 0 Å². The zero-order valence-corrected chi connectivity index (χ0v) is 14.1. The van der Waals surface area contributed by atoms with E-state index in [9.17, 15) is 4.79 Å². The number of benzene rings is 1. The Labute approximate surface area is 145 Å². The minimum atomic E-state index is 0.0821. The van der Waals surface area contributed by atoms with E-state index < -0.39 is 0 Å². The fraction of sp³-hybridized carbons (Fsp3) is 0.333. The first kappa shape index (κ1) is 15.6. The second-order valence-corrected chi connectivity index (χ2v) is 6.39. The molecule has 3 heterocycles. The topological polar surface area (TPSA) is 68.8 Å². The molecular formula is C18H20N6O. The Kier molecular flexibility index (Phi) is 4.05. The maximum Gasteiger partial charge on any atom is 0.254 e. The molecule has 128 valence electrons. The van der Waals surface area contributed by atoms with Crippen LogP contribution in [-0.4, -0.2) is 41.9 Å². The number of hydrogen-bond acceptors (Lipinski definition) is 4. The lowest BCUT2D eigenvalue weighted by Crippen LogP contribution is -2.30. The number of carbonyl (C=O) groups excluding carboxylic acids is 1. The van der Waals surface area contributed by atoms with Crippen molar-refractivity contribution in [1.82, 2.24) is 29.4 Å². The highest BCUT2D eigenvalue weighted by atomic mass is 16.2. The van der Waals surface area contributed by atoms with Crippen LogP contribution >= 0.6 is 0 Å². The van der Waals surface area contributed by atoms with E-state index in [0.29, 0.717) is 6.54 Å². The van der Waals surface area contributed by atoms with Gasteiger partial charge in [-0.1, -0.05) is 12.1 Å². The summed E-state index contributed by atoms with van der Waals surface area (Å²) >= 11 is 0. The van der Waals surface area contributed by atoms with Crippen LogP contribution in [0, 0.1) is 0 Å². The number of aromatic nitrogens is 5. The van der Waals surface area contributed by atoms with Gasteiger partial charge in [-0.15, -0.1) is 0 Å². The minimum absolute atomic E-state index is 0.0821. The van der Waals surface area contributed by atoms with E-state index in [2.05, 4.69) is 15.2 Å². The molecule has 3 aromatic rings. The van der Waals surface area contributed by atoms with Crippen molar-refractivity contribution in [3.05, 3.63) is 66.0 Å². The van der Waals surface area contributed by atoms with Crippen LogP contribution in [-0.2, 0) is 13.6 Å². The van der Waals surface area contributed by atoms with Crippen molar-refractivity contribution in [2.75, 3.05) is 6.54 Å². The fourth-order valence-corrected chi connectivity index (χ4v) is 3.39. The molecule has 0 spiro atoms. The van der Waals surface area contributed by atoms with E-state index >= 15 is 0 Å². The van der Waals surface area contributed by atoms with Crippen LogP contribution in [0.15, 0.2) is 49.3 Å². The van der Waals surface area contributed by atoms with Crippen LogP contribution in [0.5, 0.6) is 0 Å². The molecule has 7 heteroatoms. The normalized spacial score (nSPS) is 17.2. The zero-order chi connectivity index (χ0) is 17.2. The lowest BCUT2D eigenvalue weighted by atomic mass is 10.1. The van der Waals surface area contributed by atoms with Crippen LogP contribution in [0.2, 0.25) is 0 Å². The van der Waals surface area contributed by atoms with E-state index in [4.69, 9.17) is 0 Å². The minimum Gasteiger partial charge on any atom is -0.331 e. The Balaban J connectivity index is 1.50. The average molecular weight is 336 g/mol. The molecule has 1 atom stereocenters. The molecule has 0 radical (unpaired) electrons. The molecule has 0 bridgehead atoms. The molecule has 25 heavy (non-hydrogen) atoms. The maximum atomic E-state index is 12.9. The molecule has 1 saturated heterocycles. The highest BCUT2D eigenvalue weighted by Crippen LogP contribution is 2.32. The maximum absolute atomic E-state index is 12.9. The molecule has 7 nitrogen and oxygen atoms in total. The van der Waals surface area contributed by atoms with Crippen LogP contribution < -0.4 is 0 Å². The van der Waals surface area contributed by atoms with Crippen LogP contribution in [0.3, 0.4) is 0 Å². The summed E-state index contributed by atoms with van der Waals surface area (Å²) in [5.74, 6) is 0.0821. The standard InChI is InChI=1S/C18H20N6O/c1-22-11-16(9-20-22)17-3-2-8-24(17)18(25)15-6-4-14(5-7-15)10-23-13-19-12-21-23/h4-7,9,11-13,17H,2-3,8,10H2,1H3. The lowest BCUT2D eigenvalue weighted by Gasteiger charge is -2.24. The zero-order valence-electron chi connectivity index (χ0n) is 14.1. The van der Waals surface area contributed by atoms with Gasteiger partial charge in [0, 0.05) is 30.9 Å². The summed E-state index contributed by atoms with van der Waals surface area (Å²) in [7, 11) is 1.90. The van der Waals surface area contributed by atoms with Gasteiger partial charge >= 0.3 is 0 Å². The molecule has 1 aromatic carbocycles. The summed E-state index contributed by atoms with van der Waals surface area (Å²) in [4.78, 5) is 18.8. The number of rotatable bonds is 4. The van der Waals surface area contributed by atoms with Crippen LogP contribution in [0.1, 0.15) is 40.4 Å². The monoisotopic (exact) mass is 336 g/mol. The molecule has 2 aromatic heterocycles. The van der Waals surface area contributed by atoms with Crippen LogP contribution in [0.4, 0.5) is 0 Å². The van der Waals surface area contributed by atoms with Crippen molar-refractivity contribution in [2.24, 2.45) is 7.05 Å². The van der Waals surface area contributed by atoms with E-state index in [1.54, 1.807) is 15.7 Å². The second kappa shape index (κ2) is 6.51. The SMILES string of the molecule is Cn1cc(C2CCCN2C(=O)c2ccc(Cn3cncn3)cc2)cn1. The van der Waals surface area contributed by atoms with Gasteiger partial charge in [0.05, 0.1) is 18.8 Å². The Morgan fingerprint density at radius 1 is 1.24 bits per heavy atom. The molecule has 1 amide bonds. The predicted molar refractivity (Wildman–Crippen MR) is 91.8 cm³/mol. The lowest BCUT2D eigenvalue weighted by molar-refractivity contribution is 0.0735. The van der Waals surface area contributed by atoms with Crippen molar-refractivity contribution in [3.63, 3.8) is 0 Å². The fourth-order valence-electron chi connectivity index (χ4n) is 3.39. The first-order valence-corrected chi connectivity index (χ1v) is 8.41. The van der Waals surface area contributed by atoms with Crippen molar-refractivity contribution in [1.29, 1.82) is 0 Å². The van der Waals surface area contributed by atoms with E-state index in [-0.39, 0.29) is 11.9 Å². The number of nitrogens with zero attached hydrogens (tertiary/aromatic N) is 6. The highest BCUT2D eigenvalue weighted by Gasteiger charge is 2.31. The van der Waals surface area contributed by atoms with Crippen LogP contribution in [0.25, 0.3) is 0 Å². The largest absolute Gasteiger partial charge is 0.331 e. The smallest absolute Gasteiger partial charge is 0.254 e. The van der Waals surface area contributed by atoms with Gasteiger partial charge < -0.3 is 4.90 Å². The highest BCUT2D eigenvalue weighted by molar-refractivity contribution is 5.94. The third-order valence-electron chi connectivity index (χ3n) is 4.64. The quantitative estimate of drug-likeness (QED) is 0.731. The predicted octanol–water partition coefficient (Wildman–Crippen LogP) is 2.04. The third kappa shape index (κ3) is 3.17. The van der Waals surface area contributed by atoms with Gasteiger partial charge in [0.25, 0.3) is 5.91 Å². The number of hydrogen-bond donors (Lipinski definition) is 0. The van der Waals surface area contributed by atoms with Gasteiger partial charge in [-0.3, -0.25) is 9.48 Å². The molecule has 0 aliphatic carbocycles. The van der Waals surface area contributed by atoms with Crippen molar-refractivity contribution < 1.29 is 4.79 Å². The van der Waals surface area contributed by atoms with Gasteiger partial charge in [-0.05, 0) is 30.5 Å². The molecule has 1 fully saturated rings. The van der Waals surface area contributed by atoms with E-state index in [0.717, 1.165) is 36.1 Å². The summed E-state index contributed by atoms with van der Waals surface area (Å²) in [5.41, 5.74) is 2.92. The molecular weight excluding hydrogens is 316 g/mol. The summed E-state index contributed by atoms with van der Waals surface area (Å²) in [6, 6.07) is 7.87. The van der Waals surface area contributed by atoms with Gasteiger partial charge in [-0.2, -0.15) is 10.2 Å². The van der Waals surface area contributed by atoms with Gasteiger partial charge in [0.1, 0.15) is 12.7 Å². The molecule has 4 rings (SSSR count). The van der Waals surface area contributed by atoms with Crippen molar-refractivity contribution in [3.8, 4) is 0 Å². The number of carbonyl (C=O) groups is 1. The molecule has 1 aliphatic rings. The molecule has 0 saturated carbocycles. The molecule has 1 aliphatic heterocycles. The second-order valence-electron chi connectivity index (χ2n) is 6.39. The third-order valence-corrected chi connectivity index (χ3v) is 4.64. The number of likely N-dealkylation sites (tertiary alicyclic amines) is 1. The van der Waals surface area contributed by atoms with Crippen molar-refractivity contribution >= 4 is 5.91 Å². The summed E-state index contributed by atoms with van der Waals surface area (Å²) in [5, 5.41) is 8.34. The number of aryl methyl sites for hydroxylation is 1. The summed E-state index contributed by atoms with van der Waals surface area (Å²) in [6.45, 7) is 1.44. The summed E-state index contributed by atoms with van der Waals surface area (Å²) < 4.78 is 3.55. The first-order chi connectivity index (χ1) is 12.2. The van der Waals surface area contributed by atoms with Gasteiger partial charge in [0.2, 0.25) is 0 Å². The first-order valence-electron chi connectivity index (χ1n) is 8.41. The Bertz CT molecular complexity index is 852. The Morgan fingerprint density at radius 2 is 2.08 bits per heavy atom. The van der Waals surface area contributed by atoms with Crippen molar-refractivity contribution in [2.45, 2.75) is 25.4 Å². The van der Waals surface area contributed by atoms with Gasteiger partial charge in [-0.25, -0.2) is 9.67 Å². The average Bonchev–Trinajstić information content (AvgIpc) is 3.36. The molecule has 1 unspecified atom stereocenters.